The van der Waals surface area contributed by atoms with Crippen LogP contribution in [-0.2, 0) is 11.2 Å². The van der Waals surface area contributed by atoms with Gasteiger partial charge in [-0.3, -0.25) is 4.79 Å². The number of benzene rings is 1. The summed E-state index contributed by atoms with van der Waals surface area (Å²) in [6, 6.07) is 10.4. The molecule has 1 saturated carbocycles. The van der Waals surface area contributed by atoms with E-state index in [2.05, 4.69) is 28.7 Å². The van der Waals surface area contributed by atoms with Gasteiger partial charge in [0.05, 0.1) is 6.07 Å². The molecule has 1 aromatic carbocycles. The first-order valence-electron chi connectivity index (χ1n) is 6.10. The van der Waals surface area contributed by atoms with Gasteiger partial charge in [0.25, 0.3) is 0 Å². The molecular formula is C15H16INO. The minimum atomic E-state index is -0.809. The number of carbonyl (C=O) groups excluding carboxylic acids is 1. The summed E-state index contributed by atoms with van der Waals surface area (Å²) in [5.41, 5.74) is -0.0853. The first kappa shape index (κ1) is 13.5. The second-order valence-electron chi connectivity index (χ2n) is 5.71. The molecule has 0 aromatic heterocycles. The van der Waals surface area contributed by atoms with E-state index in [-0.39, 0.29) is 11.2 Å². The lowest BCUT2D eigenvalue weighted by Crippen LogP contribution is -2.33. The Balaban J connectivity index is 2.29. The first-order chi connectivity index (χ1) is 8.39. The average Bonchev–Trinajstić information content (AvgIpc) is 2.57. The van der Waals surface area contributed by atoms with Gasteiger partial charge in [0.15, 0.2) is 5.78 Å². The van der Waals surface area contributed by atoms with Gasteiger partial charge in [0.1, 0.15) is 5.41 Å². The second-order valence-corrected chi connectivity index (χ2v) is 6.96. The van der Waals surface area contributed by atoms with Gasteiger partial charge >= 0.3 is 0 Å². The maximum absolute atomic E-state index is 12.4. The third-order valence-corrected chi connectivity index (χ3v) is 4.58. The van der Waals surface area contributed by atoms with Gasteiger partial charge in [-0.05, 0) is 59.5 Å². The highest BCUT2D eigenvalue weighted by molar-refractivity contribution is 14.1. The molecule has 1 aliphatic rings. The summed E-state index contributed by atoms with van der Waals surface area (Å²) < 4.78 is 1.17. The van der Waals surface area contributed by atoms with Crippen LogP contribution in [0.2, 0.25) is 0 Å². The Morgan fingerprint density at radius 1 is 1.28 bits per heavy atom. The highest BCUT2D eigenvalue weighted by atomic mass is 127. The number of nitriles is 1. The van der Waals surface area contributed by atoms with Crippen LogP contribution in [0.15, 0.2) is 24.3 Å². The summed E-state index contributed by atoms with van der Waals surface area (Å²) in [5.74, 6) is 0.107. The van der Waals surface area contributed by atoms with Gasteiger partial charge in [-0.2, -0.15) is 5.26 Å². The van der Waals surface area contributed by atoms with E-state index >= 15 is 0 Å². The summed E-state index contributed by atoms with van der Waals surface area (Å²) in [5, 5.41) is 9.46. The molecule has 18 heavy (non-hydrogen) atoms. The smallest absolute Gasteiger partial charge is 0.158 e. The van der Waals surface area contributed by atoms with Gasteiger partial charge in [-0.15, -0.1) is 0 Å². The normalized spacial score (nSPS) is 26.0. The molecule has 0 N–H and O–H groups in total. The van der Waals surface area contributed by atoms with Crippen LogP contribution >= 0.6 is 22.6 Å². The van der Waals surface area contributed by atoms with Gasteiger partial charge < -0.3 is 0 Å². The quantitative estimate of drug-likeness (QED) is 0.760. The van der Waals surface area contributed by atoms with Crippen LogP contribution in [0.1, 0.15) is 32.3 Å². The highest BCUT2D eigenvalue weighted by Gasteiger charge is 2.52. The van der Waals surface area contributed by atoms with E-state index in [4.69, 9.17) is 0 Å². The summed E-state index contributed by atoms with van der Waals surface area (Å²) in [4.78, 5) is 12.4. The SMILES string of the molecule is CC1(C)CCC(C#N)(Cc2ccc(I)cc2)C1=O. The molecule has 0 amide bonds. The Bertz CT molecular complexity index is 512. The van der Waals surface area contributed by atoms with Crippen LogP contribution in [0.5, 0.6) is 0 Å². The van der Waals surface area contributed by atoms with Crippen LogP contribution in [0.4, 0.5) is 0 Å². The largest absolute Gasteiger partial charge is 0.297 e. The van der Waals surface area contributed by atoms with Gasteiger partial charge in [-0.25, -0.2) is 0 Å². The van der Waals surface area contributed by atoms with Crippen LogP contribution in [0, 0.1) is 25.7 Å². The average molecular weight is 353 g/mol. The maximum Gasteiger partial charge on any atom is 0.158 e. The monoisotopic (exact) mass is 353 g/mol. The number of ketones is 1. The third kappa shape index (κ3) is 2.31. The number of rotatable bonds is 2. The van der Waals surface area contributed by atoms with Crippen molar-refractivity contribution in [2.45, 2.75) is 33.1 Å². The van der Waals surface area contributed by atoms with Crippen molar-refractivity contribution in [2.24, 2.45) is 10.8 Å². The standard InChI is InChI=1S/C15H16INO/c1-14(2)7-8-15(10-17,13(14)18)9-11-3-5-12(16)6-4-11/h3-6H,7-9H2,1-2H3. The number of hydrogen-bond acceptors (Lipinski definition) is 2. The zero-order valence-corrected chi connectivity index (χ0v) is 12.8. The summed E-state index contributed by atoms with van der Waals surface area (Å²) >= 11 is 2.25. The predicted octanol–water partition coefficient (Wildman–Crippen LogP) is 3.73. The van der Waals surface area contributed by atoms with Gasteiger partial charge in [0, 0.05) is 8.99 Å². The van der Waals surface area contributed by atoms with Crippen LogP contribution < -0.4 is 0 Å². The number of hydrogen-bond donors (Lipinski definition) is 0. The zero-order chi connectivity index (χ0) is 13.4. The molecule has 1 unspecified atom stereocenters. The molecule has 0 heterocycles. The maximum atomic E-state index is 12.4. The summed E-state index contributed by atoms with van der Waals surface area (Å²) in [6.45, 7) is 3.89. The lowest BCUT2D eigenvalue weighted by molar-refractivity contribution is -0.130. The van der Waals surface area contributed by atoms with E-state index < -0.39 is 5.41 Å². The van der Waals surface area contributed by atoms with Gasteiger partial charge in [0.2, 0.25) is 0 Å². The Morgan fingerprint density at radius 2 is 1.89 bits per heavy atom. The fourth-order valence-electron chi connectivity index (χ4n) is 2.67. The molecule has 2 nitrogen and oxygen atoms in total. The predicted molar refractivity (Wildman–Crippen MR) is 78.9 cm³/mol. The van der Waals surface area contributed by atoms with Gasteiger partial charge in [-0.1, -0.05) is 26.0 Å². The molecular weight excluding hydrogens is 337 g/mol. The molecule has 2 rings (SSSR count). The number of nitrogens with zero attached hydrogens (tertiary/aromatic N) is 1. The molecule has 3 heteroatoms. The second kappa shape index (κ2) is 4.65. The lowest BCUT2D eigenvalue weighted by atomic mass is 9.77. The van der Waals surface area contributed by atoms with E-state index in [0.717, 1.165) is 12.0 Å². The molecule has 1 aliphatic carbocycles. The van der Waals surface area contributed by atoms with Crippen molar-refractivity contribution in [3.63, 3.8) is 0 Å². The van der Waals surface area contributed by atoms with E-state index in [1.54, 1.807) is 0 Å². The minimum absolute atomic E-state index is 0.107. The van der Waals surface area contributed by atoms with Crippen LogP contribution in [-0.4, -0.2) is 5.78 Å². The fourth-order valence-corrected chi connectivity index (χ4v) is 3.03. The number of Topliss-reactive ketones (excluding diaryl/α,β-unsaturated/α-hetero) is 1. The Kier molecular flexibility index (Phi) is 3.50. The van der Waals surface area contributed by atoms with Crippen LogP contribution in [0.25, 0.3) is 0 Å². The Labute approximate surface area is 122 Å². The zero-order valence-electron chi connectivity index (χ0n) is 10.7. The lowest BCUT2D eigenvalue weighted by Gasteiger charge is -2.22. The topological polar surface area (TPSA) is 40.9 Å². The summed E-state index contributed by atoms with van der Waals surface area (Å²) in [7, 11) is 0. The Morgan fingerprint density at radius 3 is 2.33 bits per heavy atom. The van der Waals surface area contributed by atoms with Crippen LogP contribution in [0.3, 0.4) is 0 Å². The van der Waals surface area contributed by atoms with Crippen molar-refractivity contribution in [1.82, 2.24) is 0 Å². The van der Waals surface area contributed by atoms with Crippen molar-refractivity contribution < 1.29 is 4.79 Å². The summed E-state index contributed by atoms with van der Waals surface area (Å²) in [6.07, 6.45) is 2.04. The van der Waals surface area contributed by atoms with Crippen molar-refractivity contribution in [3.05, 3.63) is 33.4 Å². The Hall–Kier alpha value is -0.890. The molecule has 1 fully saturated rings. The van der Waals surface area contributed by atoms with E-state index in [0.29, 0.717) is 12.8 Å². The molecule has 1 aromatic rings. The molecule has 0 aliphatic heterocycles. The van der Waals surface area contributed by atoms with Crippen molar-refractivity contribution in [3.8, 4) is 6.07 Å². The molecule has 0 saturated heterocycles. The molecule has 0 bridgehead atoms. The first-order valence-corrected chi connectivity index (χ1v) is 7.18. The van der Waals surface area contributed by atoms with Crippen molar-refractivity contribution in [2.75, 3.05) is 0 Å². The third-order valence-electron chi connectivity index (χ3n) is 3.86. The van der Waals surface area contributed by atoms with Crippen molar-refractivity contribution >= 4 is 28.4 Å². The molecule has 0 radical (unpaired) electrons. The molecule has 1 atom stereocenters. The number of halogens is 1. The van der Waals surface area contributed by atoms with Crippen molar-refractivity contribution in [1.29, 1.82) is 5.26 Å². The molecule has 94 valence electrons. The molecule has 0 spiro atoms. The number of carbonyl (C=O) groups is 1. The van der Waals surface area contributed by atoms with E-state index in [1.165, 1.54) is 3.57 Å². The fraction of sp³-hybridized carbons (Fsp3) is 0.467. The minimum Gasteiger partial charge on any atom is -0.297 e. The van der Waals surface area contributed by atoms with E-state index in [1.807, 2.05) is 38.1 Å². The highest BCUT2D eigenvalue weighted by Crippen LogP contribution is 2.47. The van der Waals surface area contributed by atoms with E-state index in [9.17, 15) is 10.1 Å².